The Hall–Kier alpha value is -5.44. The van der Waals surface area contributed by atoms with Crippen LogP contribution in [0.1, 0.15) is 32.0 Å². The maximum Gasteiger partial charge on any atom is 0.270 e. The van der Waals surface area contributed by atoms with Crippen molar-refractivity contribution in [2.45, 2.75) is 19.0 Å². The van der Waals surface area contributed by atoms with Crippen LogP contribution in [0.2, 0.25) is 0 Å². The van der Waals surface area contributed by atoms with Crippen LogP contribution in [0.5, 0.6) is 0 Å². The van der Waals surface area contributed by atoms with Crippen molar-refractivity contribution in [1.82, 2.24) is 20.6 Å². The molecule has 40 heavy (non-hydrogen) atoms. The largest absolute Gasteiger partial charge is 0.397 e. The van der Waals surface area contributed by atoms with Crippen LogP contribution in [-0.2, 0) is 17.8 Å². The average molecular weight is 533 g/mol. The SMILES string of the molecule is Nc1ccccc1NC(=O)c1ccc(CNC(=O)[C@H](Cc2c[nH]c3ccccc23)NC(=O)c2ccccn2)cc1. The van der Waals surface area contributed by atoms with Crippen LogP contribution in [-0.4, -0.2) is 33.7 Å². The van der Waals surface area contributed by atoms with E-state index in [1.807, 2.05) is 30.5 Å². The Morgan fingerprint density at radius 2 is 1.60 bits per heavy atom. The fourth-order valence-corrected chi connectivity index (χ4v) is 4.35. The maximum absolute atomic E-state index is 13.3. The van der Waals surface area contributed by atoms with Gasteiger partial charge in [0.05, 0.1) is 11.4 Å². The number of carbonyl (C=O) groups is 3. The molecule has 9 nitrogen and oxygen atoms in total. The summed E-state index contributed by atoms with van der Waals surface area (Å²) >= 11 is 0. The van der Waals surface area contributed by atoms with Gasteiger partial charge in [0.15, 0.2) is 0 Å². The minimum atomic E-state index is -0.838. The van der Waals surface area contributed by atoms with Crippen LogP contribution < -0.4 is 21.7 Å². The summed E-state index contributed by atoms with van der Waals surface area (Å²) in [5.41, 5.74) is 10.3. The first-order chi connectivity index (χ1) is 19.5. The molecule has 0 aliphatic carbocycles. The van der Waals surface area contributed by atoms with E-state index < -0.39 is 11.9 Å². The number of nitrogens with one attached hydrogen (secondary N) is 4. The lowest BCUT2D eigenvalue weighted by atomic mass is 10.0. The molecule has 0 saturated heterocycles. The highest BCUT2D eigenvalue weighted by molar-refractivity contribution is 6.05. The second-order valence-corrected chi connectivity index (χ2v) is 9.26. The Labute approximate surface area is 230 Å². The molecule has 0 saturated carbocycles. The Morgan fingerprint density at radius 1 is 0.850 bits per heavy atom. The number of nitrogens with two attached hydrogens (primary N) is 1. The van der Waals surface area contributed by atoms with E-state index in [2.05, 4.69) is 25.9 Å². The number of carbonyl (C=O) groups excluding carboxylic acids is 3. The molecule has 0 fully saturated rings. The summed E-state index contributed by atoms with van der Waals surface area (Å²) in [4.78, 5) is 46.1. The fraction of sp³-hybridized carbons (Fsp3) is 0.0968. The van der Waals surface area contributed by atoms with Gasteiger partial charge in [-0.15, -0.1) is 0 Å². The molecule has 5 aromatic rings. The molecule has 1 atom stereocenters. The van der Waals surface area contributed by atoms with E-state index in [0.717, 1.165) is 22.0 Å². The molecular formula is C31H28N6O3. The lowest BCUT2D eigenvalue weighted by molar-refractivity contribution is -0.123. The molecule has 0 bridgehead atoms. The second kappa shape index (κ2) is 12.0. The molecule has 0 unspecified atom stereocenters. The monoisotopic (exact) mass is 532 g/mol. The van der Waals surface area contributed by atoms with Gasteiger partial charge in [0.1, 0.15) is 11.7 Å². The molecule has 6 N–H and O–H groups in total. The van der Waals surface area contributed by atoms with E-state index in [1.165, 1.54) is 6.20 Å². The van der Waals surface area contributed by atoms with Crippen molar-refractivity contribution in [3.05, 3.63) is 126 Å². The number of hydrogen-bond acceptors (Lipinski definition) is 5. The molecule has 2 aromatic heterocycles. The summed E-state index contributed by atoms with van der Waals surface area (Å²) in [6, 6.07) is 25.9. The smallest absolute Gasteiger partial charge is 0.270 e. The van der Waals surface area contributed by atoms with E-state index in [-0.39, 0.29) is 30.5 Å². The molecule has 5 rings (SSSR count). The van der Waals surface area contributed by atoms with Crippen LogP contribution in [0, 0.1) is 0 Å². The van der Waals surface area contributed by atoms with Gasteiger partial charge in [0.25, 0.3) is 11.8 Å². The number of benzene rings is 3. The first-order valence-electron chi connectivity index (χ1n) is 12.8. The van der Waals surface area contributed by atoms with Crippen molar-refractivity contribution in [3.63, 3.8) is 0 Å². The second-order valence-electron chi connectivity index (χ2n) is 9.26. The summed E-state index contributed by atoms with van der Waals surface area (Å²) in [5.74, 6) is -1.06. The zero-order chi connectivity index (χ0) is 27.9. The Balaban J connectivity index is 1.26. The number of H-pyrrole nitrogens is 1. The summed E-state index contributed by atoms with van der Waals surface area (Å²) in [6.07, 6.45) is 3.67. The molecule has 2 heterocycles. The van der Waals surface area contributed by atoms with Crippen molar-refractivity contribution < 1.29 is 14.4 Å². The maximum atomic E-state index is 13.3. The van der Waals surface area contributed by atoms with E-state index >= 15 is 0 Å². The van der Waals surface area contributed by atoms with Crippen molar-refractivity contribution in [2.75, 3.05) is 11.1 Å². The summed E-state index contributed by atoms with van der Waals surface area (Å²) in [7, 11) is 0. The summed E-state index contributed by atoms with van der Waals surface area (Å²) in [6.45, 7) is 0.218. The molecule has 200 valence electrons. The number of aromatic amines is 1. The number of aromatic nitrogens is 2. The highest BCUT2D eigenvalue weighted by Gasteiger charge is 2.23. The first kappa shape index (κ1) is 26.2. The lowest BCUT2D eigenvalue weighted by Gasteiger charge is -2.18. The van der Waals surface area contributed by atoms with Crippen molar-refractivity contribution >= 4 is 40.0 Å². The zero-order valence-corrected chi connectivity index (χ0v) is 21.6. The number of para-hydroxylation sites is 3. The Bertz CT molecular complexity index is 1650. The van der Waals surface area contributed by atoms with Crippen molar-refractivity contribution in [2.24, 2.45) is 0 Å². The van der Waals surface area contributed by atoms with Crippen molar-refractivity contribution in [1.29, 1.82) is 0 Å². The topological polar surface area (TPSA) is 142 Å². The van der Waals surface area contributed by atoms with Crippen LogP contribution in [0.25, 0.3) is 10.9 Å². The summed E-state index contributed by atoms with van der Waals surface area (Å²) in [5, 5.41) is 9.52. The van der Waals surface area contributed by atoms with Gasteiger partial charge in [0, 0.05) is 41.8 Å². The standard InChI is InChI=1S/C31H28N6O3/c32-24-8-2-4-10-26(24)36-29(38)21-14-12-20(13-15-21)18-35-30(39)28(37-31(40)27-11-5-6-16-33-27)17-22-19-34-25-9-3-1-7-23(22)25/h1-16,19,28,34H,17-18,32H2,(H,35,39)(H,36,38)(H,37,40)/t28-/m0/s1. The van der Waals surface area contributed by atoms with Gasteiger partial charge in [0.2, 0.25) is 5.91 Å². The summed E-state index contributed by atoms with van der Waals surface area (Å²) < 4.78 is 0. The van der Waals surface area contributed by atoms with Crippen LogP contribution in [0.4, 0.5) is 11.4 Å². The fourth-order valence-electron chi connectivity index (χ4n) is 4.35. The van der Waals surface area contributed by atoms with Gasteiger partial charge in [-0.2, -0.15) is 0 Å². The highest BCUT2D eigenvalue weighted by Crippen LogP contribution is 2.20. The van der Waals surface area contributed by atoms with Gasteiger partial charge in [-0.25, -0.2) is 0 Å². The Morgan fingerprint density at radius 3 is 2.38 bits per heavy atom. The van der Waals surface area contributed by atoms with Gasteiger partial charge in [-0.3, -0.25) is 19.4 Å². The van der Waals surface area contributed by atoms with Gasteiger partial charge in [-0.05, 0) is 53.6 Å². The van der Waals surface area contributed by atoms with E-state index in [1.54, 1.807) is 66.7 Å². The van der Waals surface area contributed by atoms with Crippen LogP contribution >= 0.6 is 0 Å². The number of pyridine rings is 1. The molecule has 0 aliphatic rings. The number of amides is 3. The number of anilines is 2. The number of nitrogen functional groups attached to an aromatic ring is 1. The normalized spacial score (nSPS) is 11.5. The minimum absolute atomic E-state index is 0.218. The van der Waals surface area contributed by atoms with Crippen molar-refractivity contribution in [3.8, 4) is 0 Å². The van der Waals surface area contributed by atoms with E-state index in [0.29, 0.717) is 16.9 Å². The molecular weight excluding hydrogens is 504 g/mol. The third kappa shape index (κ3) is 6.16. The molecule has 9 heteroatoms. The quantitative estimate of drug-likeness (QED) is 0.182. The predicted octanol–water partition coefficient (Wildman–Crippen LogP) is 4.05. The minimum Gasteiger partial charge on any atom is -0.397 e. The van der Waals surface area contributed by atoms with Crippen LogP contribution in [0.15, 0.2) is 103 Å². The van der Waals surface area contributed by atoms with E-state index in [4.69, 9.17) is 5.73 Å². The zero-order valence-electron chi connectivity index (χ0n) is 21.6. The third-order valence-electron chi connectivity index (χ3n) is 6.51. The lowest BCUT2D eigenvalue weighted by Crippen LogP contribution is -2.48. The first-order valence-corrected chi connectivity index (χ1v) is 12.8. The predicted molar refractivity (Wildman–Crippen MR) is 155 cm³/mol. The third-order valence-corrected chi connectivity index (χ3v) is 6.51. The highest BCUT2D eigenvalue weighted by atomic mass is 16.2. The molecule has 3 aromatic carbocycles. The number of rotatable bonds is 9. The van der Waals surface area contributed by atoms with Gasteiger partial charge < -0.3 is 26.7 Å². The molecule has 3 amide bonds. The molecule has 0 aliphatic heterocycles. The van der Waals surface area contributed by atoms with Crippen LogP contribution in [0.3, 0.4) is 0 Å². The van der Waals surface area contributed by atoms with Gasteiger partial charge >= 0.3 is 0 Å². The number of hydrogen-bond donors (Lipinski definition) is 5. The van der Waals surface area contributed by atoms with E-state index in [9.17, 15) is 14.4 Å². The number of nitrogens with zero attached hydrogens (tertiary/aromatic N) is 1. The Kier molecular flexibility index (Phi) is 7.82. The molecule has 0 spiro atoms. The molecule has 0 radical (unpaired) electrons. The average Bonchev–Trinajstić information content (AvgIpc) is 3.40. The number of fused-ring (bicyclic) bond motifs is 1. The van der Waals surface area contributed by atoms with Gasteiger partial charge in [-0.1, -0.05) is 48.5 Å².